The summed E-state index contributed by atoms with van der Waals surface area (Å²) in [6.45, 7) is 5.62. The molecule has 0 aliphatic carbocycles. The Labute approximate surface area is 95.5 Å². The number of halogens is 1. The van der Waals surface area contributed by atoms with Crippen LogP contribution in [-0.4, -0.2) is 0 Å². The van der Waals surface area contributed by atoms with Crippen molar-refractivity contribution in [1.29, 1.82) is 0 Å². The first-order valence-corrected chi connectivity index (χ1v) is 5.21. The molecular weight excluding hydrogens is 204 g/mol. The Bertz CT molecular complexity index is 382. The SMILES string of the molecule is [CH]c1ccc(Cc2ccc(Cl)cc2)cc1. The van der Waals surface area contributed by atoms with Gasteiger partial charge in [0.2, 0.25) is 0 Å². The summed E-state index contributed by atoms with van der Waals surface area (Å²) in [7, 11) is 0. The molecule has 0 atom stereocenters. The lowest BCUT2D eigenvalue weighted by atomic mass is 10.0. The van der Waals surface area contributed by atoms with Gasteiger partial charge in [-0.1, -0.05) is 48.0 Å². The van der Waals surface area contributed by atoms with Crippen LogP contribution in [0.25, 0.3) is 0 Å². The van der Waals surface area contributed by atoms with E-state index < -0.39 is 0 Å². The van der Waals surface area contributed by atoms with E-state index in [1.165, 1.54) is 11.1 Å². The zero-order chi connectivity index (χ0) is 10.7. The first-order chi connectivity index (χ1) is 7.24. The van der Waals surface area contributed by atoms with Crippen LogP contribution in [0.15, 0.2) is 48.5 Å². The molecule has 15 heavy (non-hydrogen) atoms. The quantitative estimate of drug-likeness (QED) is 0.709. The molecule has 0 heterocycles. The van der Waals surface area contributed by atoms with Gasteiger partial charge in [0.1, 0.15) is 0 Å². The third kappa shape index (κ3) is 2.84. The summed E-state index contributed by atoms with van der Waals surface area (Å²) in [6.07, 6.45) is 0.914. The average Bonchev–Trinajstić information content (AvgIpc) is 2.25. The monoisotopic (exact) mass is 214 g/mol. The minimum Gasteiger partial charge on any atom is -0.0843 e. The van der Waals surface area contributed by atoms with Crippen molar-refractivity contribution in [3.63, 3.8) is 0 Å². The lowest BCUT2D eigenvalue weighted by Crippen LogP contribution is -1.87. The topological polar surface area (TPSA) is 0 Å². The van der Waals surface area contributed by atoms with E-state index in [1.54, 1.807) is 0 Å². The molecule has 0 saturated heterocycles. The van der Waals surface area contributed by atoms with Crippen LogP contribution in [0, 0.1) is 6.92 Å². The normalized spacial score (nSPS) is 10.3. The van der Waals surface area contributed by atoms with Gasteiger partial charge in [-0.2, -0.15) is 0 Å². The molecule has 0 spiro atoms. The summed E-state index contributed by atoms with van der Waals surface area (Å²) in [5, 5.41) is 0.774. The molecule has 1 heteroatoms. The molecule has 2 rings (SSSR count). The van der Waals surface area contributed by atoms with Crippen LogP contribution in [0.1, 0.15) is 16.7 Å². The largest absolute Gasteiger partial charge is 0.0843 e. The van der Waals surface area contributed by atoms with Gasteiger partial charge in [0.25, 0.3) is 0 Å². The number of benzene rings is 2. The van der Waals surface area contributed by atoms with Crippen molar-refractivity contribution in [2.75, 3.05) is 0 Å². The lowest BCUT2D eigenvalue weighted by Gasteiger charge is -2.02. The molecule has 0 aromatic heterocycles. The van der Waals surface area contributed by atoms with Crippen molar-refractivity contribution in [3.8, 4) is 0 Å². The van der Waals surface area contributed by atoms with Gasteiger partial charge in [0.05, 0.1) is 0 Å². The molecule has 2 aromatic carbocycles. The Morgan fingerprint density at radius 3 is 1.80 bits per heavy atom. The predicted molar refractivity (Wildman–Crippen MR) is 64.1 cm³/mol. The Morgan fingerprint density at radius 2 is 1.27 bits per heavy atom. The molecule has 0 aliphatic rings. The summed E-state index contributed by atoms with van der Waals surface area (Å²) in [5.41, 5.74) is 3.31. The number of rotatable bonds is 2. The van der Waals surface area contributed by atoms with Gasteiger partial charge in [-0.3, -0.25) is 0 Å². The molecule has 0 saturated carbocycles. The van der Waals surface area contributed by atoms with Gasteiger partial charge in [-0.25, -0.2) is 0 Å². The second-order valence-corrected chi connectivity index (χ2v) is 3.98. The second-order valence-electron chi connectivity index (χ2n) is 3.54. The van der Waals surface area contributed by atoms with E-state index in [0.717, 1.165) is 17.0 Å². The fourth-order valence-corrected chi connectivity index (χ4v) is 1.60. The second kappa shape index (κ2) is 4.50. The van der Waals surface area contributed by atoms with Crippen molar-refractivity contribution >= 4 is 11.6 Å². The van der Waals surface area contributed by atoms with Crippen LogP contribution in [0.3, 0.4) is 0 Å². The minimum absolute atomic E-state index is 0.774. The van der Waals surface area contributed by atoms with E-state index in [1.807, 2.05) is 48.5 Å². The Kier molecular flexibility index (Phi) is 3.08. The zero-order valence-electron chi connectivity index (χ0n) is 8.28. The van der Waals surface area contributed by atoms with Crippen LogP contribution < -0.4 is 0 Å². The molecule has 0 N–H and O–H groups in total. The molecule has 0 fully saturated rings. The summed E-state index contributed by atoms with van der Waals surface area (Å²) in [5.74, 6) is 0. The van der Waals surface area contributed by atoms with Crippen molar-refractivity contribution < 1.29 is 0 Å². The van der Waals surface area contributed by atoms with Crippen molar-refractivity contribution in [3.05, 3.63) is 77.2 Å². The highest BCUT2D eigenvalue weighted by Crippen LogP contribution is 2.13. The summed E-state index contributed by atoms with van der Waals surface area (Å²) in [4.78, 5) is 0. The number of hydrogen-bond donors (Lipinski definition) is 0. The Morgan fingerprint density at radius 1 is 0.800 bits per heavy atom. The van der Waals surface area contributed by atoms with E-state index in [-0.39, 0.29) is 0 Å². The molecule has 74 valence electrons. The Hall–Kier alpha value is -1.27. The molecule has 0 amide bonds. The lowest BCUT2D eigenvalue weighted by molar-refractivity contribution is 1.19. The third-order valence-electron chi connectivity index (χ3n) is 2.30. The van der Waals surface area contributed by atoms with Crippen molar-refractivity contribution in [1.82, 2.24) is 0 Å². The van der Waals surface area contributed by atoms with Crippen LogP contribution in [0.4, 0.5) is 0 Å². The average molecular weight is 215 g/mol. The standard InChI is InChI=1S/C14H11Cl/c1-11-2-4-12(5-3-11)10-13-6-8-14(15)9-7-13/h1-9H,10H2. The van der Waals surface area contributed by atoms with E-state index in [2.05, 4.69) is 0 Å². The maximum absolute atomic E-state index is 5.82. The summed E-state index contributed by atoms with van der Waals surface area (Å²) >= 11 is 5.82. The van der Waals surface area contributed by atoms with Crippen LogP contribution in [0.5, 0.6) is 0 Å². The highest BCUT2D eigenvalue weighted by atomic mass is 35.5. The van der Waals surface area contributed by atoms with E-state index >= 15 is 0 Å². The van der Waals surface area contributed by atoms with Crippen LogP contribution >= 0.6 is 11.6 Å². The van der Waals surface area contributed by atoms with Gasteiger partial charge >= 0.3 is 0 Å². The summed E-state index contributed by atoms with van der Waals surface area (Å²) < 4.78 is 0. The molecule has 2 radical (unpaired) electrons. The molecule has 0 nitrogen and oxygen atoms in total. The summed E-state index contributed by atoms with van der Waals surface area (Å²) in [6, 6.07) is 15.8. The molecule has 0 bridgehead atoms. The van der Waals surface area contributed by atoms with Gasteiger partial charge in [-0.15, -0.1) is 0 Å². The maximum Gasteiger partial charge on any atom is 0.0406 e. The van der Waals surface area contributed by atoms with E-state index in [9.17, 15) is 0 Å². The fourth-order valence-electron chi connectivity index (χ4n) is 1.47. The maximum atomic E-state index is 5.82. The highest BCUT2D eigenvalue weighted by Gasteiger charge is 1.96. The van der Waals surface area contributed by atoms with E-state index in [4.69, 9.17) is 18.5 Å². The first-order valence-electron chi connectivity index (χ1n) is 4.83. The Balaban J connectivity index is 2.15. The highest BCUT2D eigenvalue weighted by molar-refractivity contribution is 6.30. The van der Waals surface area contributed by atoms with Crippen LogP contribution in [-0.2, 0) is 6.42 Å². The van der Waals surface area contributed by atoms with E-state index in [0.29, 0.717) is 0 Å². The van der Waals surface area contributed by atoms with Gasteiger partial charge in [0, 0.05) is 5.02 Å². The minimum atomic E-state index is 0.774. The van der Waals surface area contributed by atoms with Crippen LogP contribution in [0.2, 0.25) is 5.02 Å². The molecular formula is C14H11Cl. The van der Waals surface area contributed by atoms with Gasteiger partial charge in [0.15, 0.2) is 0 Å². The molecule has 0 unspecified atom stereocenters. The predicted octanol–water partition coefficient (Wildman–Crippen LogP) is 3.99. The van der Waals surface area contributed by atoms with Crippen molar-refractivity contribution in [2.24, 2.45) is 0 Å². The molecule has 0 aliphatic heterocycles. The first kappa shape index (κ1) is 10.3. The smallest absolute Gasteiger partial charge is 0.0406 e. The third-order valence-corrected chi connectivity index (χ3v) is 2.55. The van der Waals surface area contributed by atoms with Gasteiger partial charge < -0.3 is 0 Å². The number of hydrogen-bond acceptors (Lipinski definition) is 0. The van der Waals surface area contributed by atoms with Gasteiger partial charge in [-0.05, 0) is 42.2 Å². The zero-order valence-corrected chi connectivity index (χ0v) is 9.04. The fraction of sp³-hybridized carbons (Fsp3) is 0.0714. The molecule has 2 aromatic rings. The van der Waals surface area contributed by atoms with Crippen molar-refractivity contribution in [2.45, 2.75) is 6.42 Å².